The summed E-state index contributed by atoms with van der Waals surface area (Å²) in [6.07, 6.45) is 1.33. The van der Waals surface area contributed by atoms with Gasteiger partial charge in [-0.25, -0.2) is 20.1 Å². The summed E-state index contributed by atoms with van der Waals surface area (Å²) in [6, 6.07) is 5.02. The van der Waals surface area contributed by atoms with Gasteiger partial charge in [-0.2, -0.15) is 5.10 Å². The van der Waals surface area contributed by atoms with Crippen molar-refractivity contribution in [2.75, 3.05) is 5.32 Å². The minimum absolute atomic E-state index is 0.137. The van der Waals surface area contributed by atoms with E-state index in [0.29, 0.717) is 5.56 Å². The molecule has 0 aliphatic carbocycles. The van der Waals surface area contributed by atoms with Gasteiger partial charge in [-0.1, -0.05) is 12.1 Å². The van der Waals surface area contributed by atoms with Crippen molar-refractivity contribution in [3.8, 4) is 0 Å². The van der Waals surface area contributed by atoms with Crippen molar-refractivity contribution in [3.05, 3.63) is 56.2 Å². The van der Waals surface area contributed by atoms with E-state index in [1.165, 1.54) is 37.4 Å². The smallest absolute Gasteiger partial charge is 0.342 e. The number of nitrogens with zero attached hydrogens (tertiary/aromatic N) is 2. The fourth-order valence-corrected chi connectivity index (χ4v) is 1.70. The molecule has 0 unspecified atom stereocenters. The fourth-order valence-electron chi connectivity index (χ4n) is 1.70. The van der Waals surface area contributed by atoms with Gasteiger partial charge in [-0.15, -0.1) is 5.10 Å². The van der Waals surface area contributed by atoms with Gasteiger partial charge in [-0.3, -0.25) is 14.6 Å². The average Bonchev–Trinajstić information content (AvgIpc) is 2.57. The molecule has 130 valence electrons. The molecule has 0 saturated carbocycles. The standard InChI is InChI=1S/C14H14N6O5/c1-7(16-10-12(22)17-14(25)20-18-10)11(21)19-15-6-8-2-4-9(5-3-8)13(23)24/h2-7H,1H3,(H,16,18)(H,19,21)(H,23,24)(H2,17,20,22,25)/b15-6-/t7-/m1/s1. The van der Waals surface area contributed by atoms with Gasteiger partial charge < -0.3 is 10.4 Å². The van der Waals surface area contributed by atoms with Gasteiger partial charge in [0.2, 0.25) is 5.82 Å². The van der Waals surface area contributed by atoms with E-state index in [1.807, 2.05) is 10.1 Å². The lowest BCUT2D eigenvalue weighted by molar-refractivity contribution is -0.121. The van der Waals surface area contributed by atoms with Crippen LogP contribution in [0.25, 0.3) is 0 Å². The number of hydrogen-bond acceptors (Lipinski definition) is 7. The summed E-state index contributed by atoms with van der Waals surface area (Å²) < 4.78 is 0. The highest BCUT2D eigenvalue weighted by atomic mass is 16.4. The molecule has 2 rings (SSSR count). The van der Waals surface area contributed by atoms with Gasteiger partial charge in [-0.05, 0) is 24.6 Å². The SMILES string of the molecule is C[C@@H](Nc1n[nH]c(=O)[nH]c1=O)C(=O)N/N=C\c1ccc(C(=O)O)cc1. The van der Waals surface area contributed by atoms with Gasteiger partial charge in [0.25, 0.3) is 11.5 Å². The number of hydrazone groups is 1. The minimum atomic E-state index is -1.04. The van der Waals surface area contributed by atoms with Crippen LogP contribution in [0, 0.1) is 0 Å². The van der Waals surface area contributed by atoms with Crippen LogP contribution in [0.5, 0.6) is 0 Å². The molecule has 0 bridgehead atoms. The number of aromatic nitrogens is 3. The Balaban J connectivity index is 1.93. The Hall–Kier alpha value is -3.76. The molecule has 1 aromatic heterocycles. The van der Waals surface area contributed by atoms with Gasteiger partial charge in [0.15, 0.2) is 0 Å². The highest BCUT2D eigenvalue weighted by Gasteiger charge is 2.14. The molecule has 1 aromatic carbocycles. The number of anilines is 1. The van der Waals surface area contributed by atoms with E-state index >= 15 is 0 Å². The Labute approximate surface area is 139 Å². The molecule has 11 heteroatoms. The van der Waals surface area contributed by atoms with Crippen LogP contribution in [0.2, 0.25) is 0 Å². The number of carbonyl (C=O) groups excluding carboxylic acids is 1. The number of amides is 1. The number of aromatic carboxylic acids is 1. The molecule has 2 aromatic rings. The lowest BCUT2D eigenvalue weighted by atomic mass is 10.1. The molecule has 0 spiro atoms. The number of rotatable bonds is 6. The molecule has 1 atom stereocenters. The van der Waals surface area contributed by atoms with Crippen LogP contribution in [0.3, 0.4) is 0 Å². The Morgan fingerprint density at radius 1 is 1.28 bits per heavy atom. The molecule has 0 radical (unpaired) electrons. The lowest BCUT2D eigenvalue weighted by Gasteiger charge is -2.11. The molecule has 1 amide bonds. The van der Waals surface area contributed by atoms with E-state index in [4.69, 9.17) is 5.11 Å². The number of carboxylic acid groups (broad SMARTS) is 1. The molecule has 1 heterocycles. The zero-order chi connectivity index (χ0) is 18.4. The normalized spacial score (nSPS) is 11.9. The highest BCUT2D eigenvalue weighted by Crippen LogP contribution is 2.02. The van der Waals surface area contributed by atoms with Crippen LogP contribution in [0.1, 0.15) is 22.8 Å². The Kier molecular flexibility index (Phi) is 5.40. The number of carbonyl (C=O) groups is 2. The molecule has 0 aliphatic rings. The second kappa shape index (κ2) is 7.68. The van der Waals surface area contributed by atoms with E-state index in [0.717, 1.165) is 0 Å². The Morgan fingerprint density at radius 3 is 2.56 bits per heavy atom. The summed E-state index contributed by atoms with van der Waals surface area (Å²) >= 11 is 0. The molecule has 0 aliphatic heterocycles. The summed E-state index contributed by atoms with van der Waals surface area (Å²) in [6.45, 7) is 1.47. The Morgan fingerprint density at radius 2 is 1.96 bits per heavy atom. The van der Waals surface area contributed by atoms with Crippen molar-refractivity contribution in [2.24, 2.45) is 5.10 Å². The van der Waals surface area contributed by atoms with E-state index < -0.39 is 29.2 Å². The van der Waals surface area contributed by atoms with E-state index in [9.17, 15) is 19.2 Å². The van der Waals surface area contributed by atoms with Crippen molar-refractivity contribution in [2.45, 2.75) is 13.0 Å². The largest absolute Gasteiger partial charge is 0.478 e. The second-order valence-corrected chi connectivity index (χ2v) is 4.88. The van der Waals surface area contributed by atoms with Crippen molar-refractivity contribution in [1.29, 1.82) is 0 Å². The van der Waals surface area contributed by atoms with Crippen LogP contribution in [-0.4, -0.2) is 44.4 Å². The summed E-state index contributed by atoms with van der Waals surface area (Å²) in [5.74, 6) is -1.80. The van der Waals surface area contributed by atoms with Gasteiger partial charge >= 0.3 is 11.7 Å². The molecular formula is C14H14N6O5. The molecule has 0 saturated heterocycles. The van der Waals surface area contributed by atoms with Crippen LogP contribution >= 0.6 is 0 Å². The third kappa shape index (κ3) is 4.86. The summed E-state index contributed by atoms with van der Waals surface area (Å²) in [5, 5.41) is 20.6. The maximum absolute atomic E-state index is 11.9. The maximum Gasteiger partial charge on any atom is 0.342 e. The van der Waals surface area contributed by atoms with E-state index in [1.54, 1.807) is 0 Å². The van der Waals surface area contributed by atoms with Crippen molar-refractivity contribution < 1.29 is 14.7 Å². The third-order valence-corrected chi connectivity index (χ3v) is 3.00. The first-order valence-electron chi connectivity index (χ1n) is 6.98. The summed E-state index contributed by atoms with van der Waals surface area (Å²) in [7, 11) is 0. The topological polar surface area (TPSA) is 169 Å². The number of carboxylic acids is 1. The zero-order valence-electron chi connectivity index (χ0n) is 12.9. The predicted octanol–water partition coefficient (Wildman–Crippen LogP) is -0.893. The average molecular weight is 346 g/mol. The van der Waals surface area contributed by atoms with Gasteiger partial charge in [0.1, 0.15) is 6.04 Å². The summed E-state index contributed by atoms with van der Waals surface area (Å²) in [4.78, 5) is 46.9. The third-order valence-electron chi connectivity index (χ3n) is 3.00. The first kappa shape index (κ1) is 17.6. The number of H-pyrrole nitrogens is 2. The number of hydrogen-bond donors (Lipinski definition) is 5. The molecule has 25 heavy (non-hydrogen) atoms. The van der Waals surface area contributed by atoms with Crippen molar-refractivity contribution in [3.63, 3.8) is 0 Å². The Bertz CT molecular complexity index is 914. The predicted molar refractivity (Wildman–Crippen MR) is 87.7 cm³/mol. The number of aromatic amines is 2. The highest BCUT2D eigenvalue weighted by molar-refractivity contribution is 5.90. The van der Waals surface area contributed by atoms with E-state index in [-0.39, 0.29) is 11.4 Å². The van der Waals surface area contributed by atoms with Gasteiger partial charge in [0.05, 0.1) is 11.8 Å². The molecular weight excluding hydrogens is 332 g/mol. The van der Waals surface area contributed by atoms with Gasteiger partial charge in [0, 0.05) is 0 Å². The monoisotopic (exact) mass is 346 g/mol. The van der Waals surface area contributed by atoms with Crippen molar-refractivity contribution >= 4 is 23.9 Å². The zero-order valence-corrected chi connectivity index (χ0v) is 12.9. The molecule has 11 nitrogen and oxygen atoms in total. The maximum atomic E-state index is 11.9. The van der Waals surface area contributed by atoms with E-state index in [2.05, 4.69) is 20.9 Å². The van der Waals surface area contributed by atoms with Crippen LogP contribution in [0.4, 0.5) is 5.82 Å². The minimum Gasteiger partial charge on any atom is -0.478 e. The fraction of sp³-hybridized carbons (Fsp3) is 0.143. The summed E-state index contributed by atoms with van der Waals surface area (Å²) in [5.41, 5.74) is 1.47. The number of nitrogens with one attached hydrogen (secondary N) is 4. The lowest BCUT2D eigenvalue weighted by Crippen LogP contribution is -2.38. The first-order chi connectivity index (χ1) is 11.9. The first-order valence-corrected chi connectivity index (χ1v) is 6.98. The molecule has 5 N–H and O–H groups in total. The van der Waals surface area contributed by atoms with Crippen LogP contribution in [-0.2, 0) is 4.79 Å². The quantitative estimate of drug-likeness (QED) is 0.333. The number of benzene rings is 1. The second-order valence-electron chi connectivity index (χ2n) is 4.88. The molecule has 0 fully saturated rings. The van der Waals surface area contributed by atoms with Crippen LogP contribution in [0.15, 0.2) is 39.0 Å². The van der Waals surface area contributed by atoms with Crippen LogP contribution < -0.4 is 22.0 Å². The van der Waals surface area contributed by atoms with Crippen molar-refractivity contribution in [1.82, 2.24) is 20.6 Å².